The van der Waals surface area contributed by atoms with Crippen molar-refractivity contribution < 1.29 is 0 Å². The fraction of sp³-hybridized carbons (Fsp3) is 0.0833. The first-order chi connectivity index (χ1) is 36.4. The van der Waals surface area contributed by atoms with Crippen molar-refractivity contribution in [1.82, 2.24) is 4.57 Å². The maximum Gasteiger partial charge on any atom is 0.0713 e. The molecule has 11 aromatic rings. The van der Waals surface area contributed by atoms with Gasteiger partial charge in [0.05, 0.1) is 22.3 Å². The third-order valence-corrected chi connectivity index (χ3v) is 15.9. The molecule has 0 saturated carbocycles. The van der Waals surface area contributed by atoms with Gasteiger partial charge in [-0.2, -0.15) is 0 Å². The molecule has 0 radical (unpaired) electrons. The highest BCUT2D eigenvalue weighted by Gasteiger charge is 2.46. The average Bonchev–Trinajstić information content (AvgIpc) is 3.94. The Bertz CT molecular complexity index is 3910. The summed E-state index contributed by atoms with van der Waals surface area (Å²) in [4.78, 5) is 2.51. The molecule has 0 aliphatic heterocycles. The summed E-state index contributed by atoms with van der Waals surface area (Å²) in [6.07, 6.45) is 7.28. The Morgan fingerprint density at radius 3 is 1.72 bits per heavy atom. The van der Waals surface area contributed by atoms with Crippen LogP contribution in [0.5, 0.6) is 0 Å². The summed E-state index contributed by atoms with van der Waals surface area (Å²) in [5.41, 5.74) is 25.2. The number of anilines is 3. The van der Waals surface area contributed by atoms with Crippen LogP contribution in [-0.4, -0.2) is 4.57 Å². The van der Waals surface area contributed by atoms with Crippen LogP contribution in [0.2, 0.25) is 0 Å². The van der Waals surface area contributed by atoms with E-state index in [0.29, 0.717) is 0 Å². The molecule has 0 bridgehead atoms. The molecule has 0 amide bonds. The van der Waals surface area contributed by atoms with Gasteiger partial charge in [-0.15, -0.1) is 0 Å². The van der Waals surface area contributed by atoms with Crippen molar-refractivity contribution >= 4 is 40.1 Å². The highest BCUT2D eigenvalue weighted by molar-refractivity contribution is 5.99. The fourth-order valence-electron chi connectivity index (χ4n) is 12.6. The lowest BCUT2D eigenvalue weighted by molar-refractivity contribution is 0.517. The van der Waals surface area contributed by atoms with Crippen molar-refractivity contribution in [3.63, 3.8) is 0 Å². The number of aromatic nitrogens is 1. The fourth-order valence-corrected chi connectivity index (χ4v) is 12.6. The minimum atomic E-state index is -0.477. The van der Waals surface area contributed by atoms with E-state index >= 15 is 0 Å². The maximum absolute atomic E-state index is 4.24. The molecule has 2 heteroatoms. The lowest BCUT2D eigenvalue weighted by Gasteiger charge is -2.38. The van der Waals surface area contributed by atoms with Crippen LogP contribution in [0.15, 0.2) is 255 Å². The molecule has 0 fully saturated rings. The molecule has 0 N–H and O–H groups in total. The van der Waals surface area contributed by atoms with Gasteiger partial charge < -0.3 is 9.47 Å². The molecule has 1 heterocycles. The Morgan fingerprint density at radius 1 is 0.486 bits per heavy atom. The molecule has 0 atom stereocenters. The Labute approximate surface area is 435 Å². The van der Waals surface area contributed by atoms with Crippen molar-refractivity contribution in [3.8, 4) is 50.2 Å². The monoisotopic (exact) mass is 948 g/mol. The number of hydrogen-bond donors (Lipinski definition) is 0. The zero-order valence-corrected chi connectivity index (χ0v) is 42.1. The molecule has 0 spiro atoms. The molecular formula is C72H56N2. The van der Waals surface area contributed by atoms with Crippen LogP contribution in [0, 0.1) is 0 Å². The predicted octanol–water partition coefficient (Wildman–Crippen LogP) is 19.0. The first kappa shape index (κ1) is 44.9. The number of nitrogens with zero attached hydrogens (tertiary/aromatic N) is 2. The summed E-state index contributed by atoms with van der Waals surface area (Å²) in [5, 5.41) is 1.20. The molecule has 74 heavy (non-hydrogen) atoms. The van der Waals surface area contributed by atoms with Crippen LogP contribution in [0.1, 0.15) is 65.4 Å². The topological polar surface area (TPSA) is 8.17 Å². The second-order valence-electron chi connectivity index (χ2n) is 20.5. The van der Waals surface area contributed by atoms with E-state index in [4.69, 9.17) is 0 Å². The van der Waals surface area contributed by atoms with Crippen LogP contribution < -0.4 is 4.90 Å². The number of allylic oxidation sites excluding steroid dienone is 1. The number of fused-ring (bicyclic) bond motifs is 7. The zero-order chi connectivity index (χ0) is 50.0. The van der Waals surface area contributed by atoms with E-state index in [1.165, 1.54) is 94.5 Å². The number of benzene rings is 10. The molecule has 2 aliphatic rings. The molecular weight excluding hydrogens is 893 g/mol. The van der Waals surface area contributed by atoms with Crippen molar-refractivity contribution in [3.05, 3.63) is 300 Å². The Morgan fingerprint density at radius 2 is 1.04 bits per heavy atom. The van der Waals surface area contributed by atoms with E-state index in [1.807, 2.05) is 6.08 Å². The number of hydrogen-bond acceptors (Lipinski definition) is 1. The summed E-state index contributed by atoms with van der Waals surface area (Å²) in [6.45, 7) is 11.1. The molecule has 1 aromatic heterocycles. The Balaban J connectivity index is 0.931. The van der Waals surface area contributed by atoms with Gasteiger partial charge in [0, 0.05) is 33.6 Å². The maximum atomic E-state index is 4.24. The van der Waals surface area contributed by atoms with Crippen LogP contribution in [-0.2, 0) is 17.3 Å². The molecule has 13 rings (SSSR count). The normalized spacial score (nSPS) is 13.8. The van der Waals surface area contributed by atoms with Crippen LogP contribution in [0.4, 0.5) is 17.1 Å². The third kappa shape index (κ3) is 7.08. The zero-order valence-electron chi connectivity index (χ0n) is 42.1. The molecule has 2 nitrogen and oxygen atoms in total. The summed E-state index contributed by atoms with van der Waals surface area (Å²) in [5.74, 6) is 0. The van der Waals surface area contributed by atoms with Crippen molar-refractivity contribution in [1.29, 1.82) is 0 Å². The van der Waals surface area contributed by atoms with E-state index in [-0.39, 0.29) is 5.41 Å². The summed E-state index contributed by atoms with van der Waals surface area (Å²) < 4.78 is 2.31. The van der Waals surface area contributed by atoms with Gasteiger partial charge in [-0.1, -0.05) is 221 Å². The van der Waals surface area contributed by atoms with Crippen molar-refractivity contribution in [2.75, 3.05) is 4.90 Å². The minimum Gasteiger partial charge on any atom is -0.310 e. The summed E-state index contributed by atoms with van der Waals surface area (Å²) in [6, 6.07) is 90.1. The number of rotatable bonds is 10. The van der Waals surface area contributed by atoms with E-state index in [1.54, 1.807) is 0 Å². The van der Waals surface area contributed by atoms with Crippen LogP contribution in [0.3, 0.4) is 0 Å². The lowest BCUT2D eigenvalue weighted by Crippen LogP contribution is -2.28. The van der Waals surface area contributed by atoms with Gasteiger partial charge >= 0.3 is 0 Å². The molecule has 0 unspecified atom stereocenters. The highest BCUT2D eigenvalue weighted by atomic mass is 15.1. The highest BCUT2D eigenvalue weighted by Crippen LogP contribution is 2.58. The first-order valence-electron chi connectivity index (χ1n) is 25.9. The largest absolute Gasteiger partial charge is 0.310 e. The third-order valence-electron chi connectivity index (χ3n) is 15.9. The van der Waals surface area contributed by atoms with Gasteiger partial charge in [0.2, 0.25) is 0 Å². The van der Waals surface area contributed by atoms with Crippen LogP contribution in [0.25, 0.3) is 73.2 Å². The molecule has 0 saturated heterocycles. The predicted molar refractivity (Wildman–Crippen MR) is 313 cm³/mol. The van der Waals surface area contributed by atoms with Gasteiger partial charge in [-0.25, -0.2) is 0 Å². The standard InChI is InChI=1S/C72H56N2/c1-5-21-61-63-46-52(40-45-68(63)74(67(61)6-2)56-27-14-9-15-28-56)51-36-34-49(35-37-51)50-38-41-57(42-39-50)73(69-33-20-32-66-70(69)59-29-17-16-22-53(59)48-71(66,3)4)58-43-44-65-62(47-58)60-30-18-19-31-64(60)72(65,54-23-10-7-11-24-54)55-25-12-8-13-26-55/h5-47H,2,48H2,1,3-4H3/b21-5-. The van der Waals surface area contributed by atoms with Gasteiger partial charge in [-0.3, -0.25) is 0 Å². The van der Waals surface area contributed by atoms with Gasteiger partial charge in [0.15, 0.2) is 0 Å². The lowest BCUT2D eigenvalue weighted by atomic mass is 9.68. The van der Waals surface area contributed by atoms with E-state index in [2.05, 4.69) is 292 Å². The molecule has 354 valence electrons. The van der Waals surface area contributed by atoms with E-state index in [0.717, 1.165) is 34.7 Å². The van der Waals surface area contributed by atoms with E-state index < -0.39 is 5.41 Å². The SMILES string of the molecule is C=Cc1c(/C=C\C)c2cc(-c3ccc(-c4ccc(N(c5ccc6c(c5)-c5ccccc5C6(c5ccccc5)c5ccccc5)c5cccc6c5-c5ccccc5CC6(C)C)cc4)cc3)ccc2n1-c1ccccc1. The quantitative estimate of drug-likeness (QED) is 0.133. The summed E-state index contributed by atoms with van der Waals surface area (Å²) in [7, 11) is 0. The van der Waals surface area contributed by atoms with Crippen molar-refractivity contribution in [2.45, 2.75) is 38.0 Å². The Hall–Kier alpha value is -8.98. The van der Waals surface area contributed by atoms with Crippen molar-refractivity contribution in [2.24, 2.45) is 0 Å². The van der Waals surface area contributed by atoms with E-state index in [9.17, 15) is 0 Å². The summed E-state index contributed by atoms with van der Waals surface area (Å²) >= 11 is 0. The first-order valence-corrected chi connectivity index (χ1v) is 25.9. The van der Waals surface area contributed by atoms with Crippen LogP contribution >= 0.6 is 0 Å². The van der Waals surface area contributed by atoms with Gasteiger partial charge in [0.1, 0.15) is 0 Å². The number of para-hydroxylation sites is 1. The molecule has 10 aromatic carbocycles. The minimum absolute atomic E-state index is 0.0500. The second-order valence-corrected chi connectivity index (χ2v) is 20.5. The average molecular weight is 949 g/mol. The second kappa shape index (κ2) is 17.9. The van der Waals surface area contributed by atoms with Gasteiger partial charge in [0.25, 0.3) is 0 Å². The molecule has 2 aliphatic carbocycles. The van der Waals surface area contributed by atoms with Gasteiger partial charge in [-0.05, 0) is 152 Å². The smallest absolute Gasteiger partial charge is 0.0713 e. The Kier molecular flexibility index (Phi) is 10.9.